The Labute approximate surface area is 124 Å². The number of fused-ring (bicyclic) bond motifs is 1. The third-order valence-corrected chi connectivity index (χ3v) is 4.76. The van der Waals surface area contributed by atoms with Crippen molar-refractivity contribution in [1.29, 1.82) is 0 Å². The molecule has 2 N–H and O–H groups in total. The number of likely N-dealkylation sites (tertiary alicyclic amines) is 1. The zero-order chi connectivity index (χ0) is 14.1. The summed E-state index contributed by atoms with van der Waals surface area (Å²) < 4.78 is 0. The van der Waals surface area contributed by atoms with Gasteiger partial charge in [0.05, 0.1) is 12.7 Å². The molecule has 1 saturated heterocycles. The van der Waals surface area contributed by atoms with Gasteiger partial charge in [0.25, 0.3) is 0 Å². The number of aromatic amines is 1. The number of rotatable bonds is 4. The maximum absolute atomic E-state index is 4.33. The fraction of sp³-hybridized carbons (Fsp3) is 0.533. The Morgan fingerprint density at radius 2 is 2.19 bits per heavy atom. The van der Waals surface area contributed by atoms with E-state index < -0.39 is 0 Å². The first-order valence-corrected chi connectivity index (χ1v) is 7.61. The van der Waals surface area contributed by atoms with Gasteiger partial charge in [-0.25, -0.2) is 9.97 Å². The second-order valence-electron chi connectivity index (χ2n) is 6.07. The maximum atomic E-state index is 4.33. The van der Waals surface area contributed by atoms with Gasteiger partial charge in [0.1, 0.15) is 11.6 Å². The topological polar surface area (TPSA) is 69.7 Å². The number of hydrogen-bond acceptors (Lipinski definition) is 5. The highest BCUT2D eigenvalue weighted by atomic mass is 15.2. The zero-order valence-electron chi connectivity index (χ0n) is 11.9. The molecule has 3 heterocycles. The number of anilines is 1. The van der Waals surface area contributed by atoms with E-state index in [-0.39, 0.29) is 0 Å². The highest BCUT2D eigenvalue weighted by Gasteiger charge is 2.42. The molecule has 6 nitrogen and oxygen atoms in total. The predicted molar refractivity (Wildman–Crippen MR) is 79.5 cm³/mol. The maximum Gasteiger partial charge on any atom is 0.144 e. The minimum absolute atomic E-state index is 0.522. The van der Waals surface area contributed by atoms with Crippen molar-refractivity contribution in [1.82, 2.24) is 24.8 Å². The molecule has 21 heavy (non-hydrogen) atoms. The van der Waals surface area contributed by atoms with Crippen LogP contribution in [0.15, 0.2) is 31.0 Å². The Kier molecular flexibility index (Phi) is 3.31. The lowest BCUT2D eigenvalue weighted by atomic mass is 9.98. The fourth-order valence-electron chi connectivity index (χ4n) is 3.83. The monoisotopic (exact) mass is 284 g/mol. The Bertz CT molecular complexity index is 569. The molecule has 2 aliphatic rings. The van der Waals surface area contributed by atoms with E-state index in [1.165, 1.54) is 19.4 Å². The molecular formula is C15H20N6. The van der Waals surface area contributed by atoms with Crippen LogP contribution in [0.25, 0.3) is 0 Å². The van der Waals surface area contributed by atoms with E-state index >= 15 is 0 Å². The van der Waals surface area contributed by atoms with Crippen molar-refractivity contribution < 1.29 is 0 Å². The van der Waals surface area contributed by atoms with E-state index in [0.717, 1.165) is 30.6 Å². The molecule has 0 spiro atoms. The van der Waals surface area contributed by atoms with Crippen molar-refractivity contribution in [2.24, 2.45) is 11.8 Å². The number of nitrogens with one attached hydrogen (secondary N) is 2. The van der Waals surface area contributed by atoms with Gasteiger partial charge in [-0.2, -0.15) is 0 Å². The van der Waals surface area contributed by atoms with Gasteiger partial charge in [-0.05, 0) is 24.7 Å². The largest absolute Gasteiger partial charge is 0.366 e. The Hall–Kier alpha value is -1.95. The van der Waals surface area contributed by atoms with Crippen molar-refractivity contribution in [3.8, 4) is 0 Å². The van der Waals surface area contributed by atoms with Gasteiger partial charge >= 0.3 is 0 Å². The second kappa shape index (κ2) is 5.44. The van der Waals surface area contributed by atoms with Crippen LogP contribution in [0.3, 0.4) is 0 Å². The van der Waals surface area contributed by atoms with Crippen LogP contribution in [0, 0.1) is 11.8 Å². The summed E-state index contributed by atoms with van der Waals surface area (Å²) in [5.41, 5.74) is 0. The summed E-state index contributed by atoms with van der Waals surface area (Å²) >= 11 is 0. The molecule has 1 saturated carbocycles. The van der Waals surface area contributed by atoms with Crippen molar-refractivity contribution in [3.05, 3.63) is 36.8 Å². The molecule has 6 heteroatoms. The first-order valence-electron chi connectivity index (χ1n) is 7.61. The second-order valence-corrected chi connectivity index (χ2v) is 6.07. The van der Waals surface area contributed by atoms with Gasteiger partial charge in [0, 0.05) is 43.9 Å². The molecule has 110 valence electrons. The Morgan fingerprint density at radius 3 is 3.00 bits per heavy atom. The normalized spacial score (nSPS) is 28.7. The highest BCUT2D eigenvalue weighted by Crippen LogP contribution is 2.39. The molecule has 1 aliphatic heterocycles. The Morgan fingerprint density at radius 1 is 1.19 bits per heavy atom. The lowest BCUT2D eigenvalue weighted by molar-refractivity contribution is 0.294. The van der Waals surface area contributed by atoms with Crippen LogP contribution in [0.1, 0.15) is 18.7 Å². The Balaban J connectivity index is 1.39. The molecule has 0 radical (unpaired) electrons. The molecule has 0 bridgehead atoms. The van der Waals surface area contributed by atoms with Crippen LogP contribution >= 0.6 is 0 Å². The van der Waals surface area contributed by atoms with E-state index in [0.29, 0.717) is 12.0 Å². The van der Waals surface area contributed by atoms with E-state index in [4.69, 9.17) is 0 Å². The minimum atomic E-state index is 0.522. The van der Waals surface area contributed by atoms with Crippen molar-refractivity contribution in [3.63, 3.8) is 0 Å². The summed E-state index contributed by atoms with van der Waals surface area (Å²) in [6.07, 6.45) is 11.5. The molecular weight excluding hydrogens is 264 g/mol. The van der Waals surface area contributed by atoms with Gasteiger partial charge in [-0.1, -0.05) is 0 Å². The van der Waals surface area contributed by atoms with Gasteiger partial charge in [0.15, 0.2) is 0 Å². The number of H-pyrrole nitrogens is 1. The summed E-state index contributed by atoms with van der Waals surface area (Å²) in [7, 11) is 0. The summed E-state index contributed by atoms with van der Waals surface area (Å²) in [4.78, 5) is 18.5. The molecule has 0 amide bonds. The molecule has 2 aromatic rings. The van der Waals surface area contributed by atoms with Gasteiger partial charge in [0.2, 0.25) is 0 Å². The van der Waals surface area contributed by atoms with E-state index in [1.807, 2.05) is 18.6 Å². The third kappa shape index (κ3) is 2.63. The standard InChI is InChI=1S/C15H20N6/c1-2-13(20-14-7-16-3-4-17-14)12-9-21(8-11(1)12)10-15-18-5-6-19-15/h3-7,11-13H,1-2,8-10H2,(H,17,20)(H,18,19)/t11-,12+,13+/m0/s1. The lowest BCUT2D eigenvalue weighted by Crippen LogP contribution is -2.30. The average Bonchev–Trinajstić information content (AvgIpc) is 3.20. The molecule has 1 aliphatic carbocycles. The number of aromatic nitrogens is 4. The molecule has 2 fully saturated rings. The summed E-state index contributed by atoms with van der Waals surface area (Å²) in [5.74, 6) is 3.47. The molecule has 4 rings (SSSR count). The first-order chi connectivity index (χ1) is 10.4. The SMILES string of the molecule is c1cnc(N[C@@H]2CC[C@H]3CN(Cc4ncc[nH]4)C[C@H]32)cn1. The smallest absolute Gasteiger partial charge is 0.144 e. The highest BCUT2D eigenvalue weighted by molar-refractivity contribution is 5.32. The average molecular weight is 284 g/mol. The van der Waals surface area contributed by atoms with Crippen LogP contribution in [0.4, 0.5) is 5.82 Å². The van der Waals surface area contributed by atoms with Crippen LogP contribution in [-0.2, 0) is 6.54 Å². The number of imidazole rings is 1. The van der Waals surface area contributed by atoms with Crippen LogP contribution in [0.2, 0.25) is 0 Å². The molecule has 3 atom stereocenters. The fourth-order valence-corrected chi connectivity index (χ4v) is 3.83. The molecule has 0 aromatic carbocycles. The van der Waals surface area contributed by atoms with Crippen molar-refractivity contribution >= 4 is 5.82 Å². The van der Waals surface area contributed by atoms with Gasteiger partial charge < -0.3 is 10.3 Å². The number of hydrogen-bond donors (Lipinski definition) is 2. The van der Waals surface area contributed by atoms with Crippen LogP contribution < -0.4 is 5.32 Å². The van der Waals surface area contributed by atoms with E-state index in [2.05, 4.69) is 30.2 Å². The van der Waals surface area contributed by atoms with Crippen molar-refractivity contribution in [2.75, 3.05) is 18.4 Å². The third-order valence-electron chi connectivity index (χ3n) is 4.76. The first kappa shape index (κ1) is 12.8. The lowest BCUT2D eigenvalue weighted by Gasteiger charge is -2.21. The number of nitrogens with zero attached hydrogens (tertiary/aromatic N) is 4. The summed E-state index contributed by atoms with van der Waals surface area (Å²) in [5, 5.41) is 3.57. The summed E-state index contributed by atoms with van der Waals surface area (Å²) in [6, 6.07) is 0.522. The van der Waals surface area contributed by atoms with Crippen molar-refractivity contribution in [2.45, 2.75) is 25.4 Å². The van der Waals surface area contributed by atoms with Gasteiger partial charge in [-0.3, -0.25) is 9.88 Å². The van der Waals surface area contributed by atoms with E-state index in [1.54, 1.807) is 12.4 Å². The van der Waals surface area contributed by atoms with Gasteiger partial charge in [-0.15, -0.1) is 0 Å². The van der Waals surface area contributed by atoms with Crippen LogP contribution in [0.5, 0.6) is 0 Å². The molecule has 0 unspecified atom stereocenters. The molecule has 2 aromatic heterocycles. The summed E-state index contributed by atoms with van der Waals surface area (Å²) in [6.45, 7) is 3.26. The van der Waals surface area contributed by atoms with E-state index in [9.17, 15) is 0 Å². The van der Waals surface area contributed by atoms with Crippen LogP contribution in [-0.4, -0.2) is 44.0 Å². The quantitative estimate of drug-likeness (QED) is 0.891. The zero-order valence-corrected chi connectivity index (χ0v) is 11.9. The minimum Gasteiger partial charge on any atom is -0.366 e. The predicted octanol–water partition coefficient (Wildman–Crippen LogP) is 1.52.